The highest BCUT2D eigenvalue weighted by atomic mass is 32.2. The van der Waals surface area contributed by atoms with Crippen LogP contribution in [-0.2, 0) is 10.5 Å². The van der Waals surface area contributed by atoms with Crippen LogP contribution in [0.5, 0.6) is 0 Å². The van der Waals surface area contributed by atoms with Gasteiger partial charge in [0.15, 0.2) is 5.16 Å². The van der Waals surface area contributed by atoms with Crippen LogP contribution in [0.25, 0.3) is 11.0 Å². The molecule has 0 radical (unpaired) electrons. The minimum absolute atomic E-state index is 0.0520. The summed E-state index contributed by atoms with van der Waals surface area (Å²) in [5, 5.41) is 4.06. The summed E-state index contributed by atoms with van der Waals surface area (Å²) in [5.74, 6) is 0.459. The molecule has 1 aromatic carbocycles. The van der Waals surface area contributed by atoms with Gasteiger partial charge in [0.05, 0.1) is 17.2 Å². The van der Waals surface area contributed by atoms with E-state index in [-0.39, 0.29) is 23.8 Å². The smallest absolute Gasteiger partial charge is 0.243 e. The van der Waals surface area contributed by atoms with E-state index in [1.807, 2.05) is 17.6 Å². The van der Waals surface area contributed by atoms with Gasteiger partial charge in [-0.1, -0.05) is 50.1 Å². The van der Waals surface area contributed by atoms with Crippen molar-refractivity contribution in [3.63, 3.8) is 0 Å². The maximum Gasteiger partial charge on any atom is 0.243 e. The van der Waals surface area contributed by atoms with Gasteiger partial charge in [0.25, 0.3) is 0 Å². The summed E-state index contributed by atoms with van der Waals surface area (Å²) in [6.07, 6.45) is 9.89. The number of hydrogen-bond acceptors (Lipinski definition) is 4. The zero-order valence-electron chi connectivity index (χ0n) is 17.2. The Hall–Kier alpha value is -2.41. The van der Waals surface area contributed by atoms with Crippen LogP contribution in [0.3, 0.4) is 0 Å². The zero-order valence-corrected chi connectivity index (χ0v) is 18.0. The summed E-state index contributed by atoms with van der Waals surface area (Å²) >= 11 is 1.56. The van der Waals surface area contributed by atoms with E-state index in [2.05, 4.69) is 10.3 Å². The molecule has 158 valence electrons. The van der Waals surface area contributed by atoms with Gasteiger partial charge in [0.1, 0.15) is 11.9 Å². The lowest BCUT2D eigenvalue weighted by atomic mass is 9.95. The molecule has 2 aromatic heterocycles. The second-order valence-corrected chi connectivity index (χ2v) is 8.75. The average Bonchev–Trinajstić information content (AvgIpc) is 3.13. The van der Waals surface area contributed by atoms with E-state index in [9.17, 15) is 9.18 Å². The van der Waals surface area contributed by atoms with E-state index in [0.717, 1.165) is 34.6 Å². The normalized spacial score (nSPS) is 15.9. The third kappa shape index (κ3) is 4.67. The van der Waals surface area contributed by atoms with Gasteiger partial charge in [-0.25, -0.2) is 9.37 Å². The van der Waals surface area contributed by atoms with Crippen LogP contribution >= 0.6 is 11.8 Å². The SMILES string of the molecule is CC[C@@H](C(=O)NC1CCCCC1)n1c(SCc2ccc(F)cc2)nc2ccncc21. The number of hydrogen-bond donors (Lipinski definition) is 1. The van der Waals surface area contributed by atoms with Gasteiger partial charge in [0.2, 0.25) is 5.91 Å². The molecule has 1 aliphatic rings. The fraction of sp³-hybridized carbons (Fsp3) is 0.435. The first-order chi connectivity index (χ1) is 14.7. The number of rotatable bonds is 7. The van der Waals surface area contributed by atoms with Gasteiger partial charge in [-0.3, -0.25) is 9.78 Å². The fourth-order valence-corrected chi connectivity index (χ4v) is 5.10. The predicted octanol–water partition coefficient (Wildman–Crippen LogP) is 5.26. The quantitative estimate of drug-likeness (QED) is 0.523. The van der Waals surface area contributed by atoms with Crippen molar-refractivity contribution >= 4 is 28.7 Å². The fourth-order valence-electron chi connectivity index (χ4n) is 4.08. The number of carbonyl (C=O) groups is 1. The van der Waals surface area contributed by atoms with Gasteiger partial charge in [-0.05, 0) is 43.0 Å². The Morgan fingerprint density at radius 2 is 2.00 bits per heavy atom. The number of fused-ring (bicyclic) bond motifs is 1. The lowest BCUT2D eigenvalue weighted by Crippen LogP contribution is -2.40. The van der Waals surface area contributed by atoms with Crippen molar-refractivity contribution in [1.82, 2.24) is 19.9 Å². The summed E-state index contributed by atoms with van der Waals surface area (Å²) in [4.78, 5) is 22.3. The van der Waals surface area contributed by atoms with Crippen LogP contribution < -0.4 is 5.32 Å². The van der Waals surface area contributed by atoms with Crippen molar-refractivity contribution in [2.24, 2.45) is 0 Å². The molecule has 0 spiro atoms. The van der Waals surface area contributed by atoms with Crippen molar-refractivity contribution in [2.75, 3.05) is 0 Å². The summed E-state index contributed by atoms with van der Waals surface area (Å²) in [7, 11) is 0. The molecule has 1 amide bonds. The van der Waals surface area contributed by atoms with Crippen LogP contribution in [0.15, 0.2) is 47.9 Å². The molecule has 1 aliphatic carbocycles. The number of pyridine rings is 1. The Kier molecular flexibility index (Phi) is 6.67. The van der Waals surface area contributed by atoms with Crippen LogP contribution in [-0.4, -0.2) is 26.5 Å². The Balaban J connectivity index is 1.60. The first kappa shape index (κ1) is 20.8. The Labute approximate surface area is 180 Å². The summed E-state index contributed by atoms with van der Waals surface area (Å²) in [6.45, 7) is 2.03. The Morgan fingerprint density at radius 3 is 2.73 bits per heavy atom. The van der Waals surface area contributed by atoms with Crippen molar-refractivity contribution in [3.8, 4) is 0 Å². The maximum atomic E-state index is 13.2. The maximum absolute atomic E-state index is 13.2. The van der Waals surface area contributed by atoms with Crippen molar-refractivity contribution in [1.29, 1.82) is 0 Å². The number of amides is 1. The number of nitrogens with one attached hydrogen (secondary N) is 1. The van der Waals surface area contributed by atoms with Gasteiger partial charge in [0, 0.05) is 18.0 Å². The number of aromatic nitrogens is 3. The molecular formula is C23H27FN4OS. The third-order valence-corrected chi connectivity index (χ3v) is 6.72. The van der Waals surface area contributed by atoms with Crippen LogP contribution in [0.4, 0.5) is 4.39 Å². The molecule has 1 fully saturated rings. The molecule has 7 heteroatoms. The number of imidazole rings is 1. The van der Waals surface area contributed by atoms with E-state index in [1.54, 1.807) is 36.3 Å². The summed E-state index contributed by atoms with van der Waals surface area (Å²) < 4.78 is 15.2. The first-order valence-electron chi connectivity index (χ1n) is 10.6. The van der Waals surface area contributed by atoms with Gasteiger partial charge >= 0.3 is 0 Å². The van der Waals surface area contributed by atoms with Gasteiger partial charge in [-0.2, -0.15) is 0 Å². The second-order valence-electron chi connectivity index (χ2n) is 7.81. The largest absolute Gasteiger partial charge is 0.352 e. The minimum atomic E-state index is -0.336. The van der Waals surface area contributed by atoms with E-state index >= 15 is 0 Å². The van der Waals surface area contributed by atoms with Gasteiger partial charge in [-0.15, -0.1) is 0 Å². The third-order valence-electron chi connectivity index (χ3n) is 5.69. The van der Waals surface area contributed by atoms with E-state index in [4.69, 9.17) is 4.98 Å². The molecule has 0 unspecified atom stereocenters. The molecule has 2 heterocycles. The zero-order chi connectivity index (χ0) is 20.9. The number of benzene rings is 1. The molecule has 1 atom stereocenters. The monoisotopic (exact) mass is 426 g/mol. The lowest BCUT2D eigenvalue weighted by molar-refractivity contribution is -0.125. The highest BCUT2D eigenvalue weighted by Gasteiger charge is 2.27. The number of nitrogens with zero attached hydrogens (tertiary/aromatic N) is 3. The van der Waals surface area contributed by atoms with Crippen LogP contribution in [0, 0.1) is 5.82 Å². The molecule has 30 heavy (non-hydrogen) atoms. The van der Waals surface area contributed by atoms with Crippen molar-refractivity contribution < 1.29 is 9.18 Å². The second kappa shape index (κ2) is 9.60. The Morgan fingerprint density at radius 1 is 1.23 bits per heavy atom. The molecule has 3 aromatic rings. The Bertz CT molecular complexity index is 998. The van der Waals surface area contributed by atoms with E-state index in [1.165, 1.54) is 31.4 Å². The molecular weight excluding hydrogens is 399 g/mol. The van der Waals surface area contributed by atoms with Crippen LogP contribution in [0.2, 0.25) is 0 Å². The molecule has 0 bridgehead atoms. The van der Waals surface area contributed by atoms with E-state index in [0.29, 0.717) is 12.2 Å². The van der Waals surface area contributed by atoms with Crippen LogP contribution in [0.1, 0.15) is 57.1 Å². The number of halogens is 1. The lowest BCUT2D eigenvalue weighted by Gasteiger charge is -2.26. The van der Waals surface area contributed by atoms with E-state index < -0.39 is 0 Å². The summed E-state index contributed by atoms with van der Waals surface area (Å²) in [5.41, 5.74) is 2.71. The standard InChI is InChI=1S/C23H27FN4OS/c1-2-20(22(29)26-18-6-4-3-5-7-18)28-21-14-25-13-12-19(21)27-23(28)30-15-16-8-10-17(24)11-9-16/h8-14,18,20H,2-7,15H2,1H3,(H,26,29)/t20-/m0/s1. The minimum Gasteiger partial charge on any atom is -0.352 e. The molecule has 5 nitrogen and oxygen atoms in total. The predicted molar refractivity (Wildman–Crippen MR) is 118 cm³/mol. The highest BCUT2D eigenvalue weighted by molar-refractivity contribution is 7.98. The molecule has 4 rings (SSSR count). The summed E-state index contributed by atoms with van der Waals surface area (Å²) in [6, 6.07) is 8.30. The topological polar surface area (TPSA) is 59.8 Å². The number of carbonyl (C=O) groups excluding carboxylic acids is 1. The molecule has 0 aliphatic heterocycles. The molecule has 1 saturated carbocycles. The molecule has 0 saturated heterocycles. The van der Waals surface area contributed by atoms with Gasteiger partial charge < -0.3 is 9.88 Å². The van der Waals surface area contributed by atoms with Crippen molar-refractivity contribution in [2.45, 2.75) is 68.4 Å². The molecule has 1 N–H and O–H groups in total. The average molecular weight is 427 g/mol. The first-order valence-corrected chi connectivity index (χ1v) is 11.6. The number of thioether (sulfide) groups is 1. The highest BCUT2D eigenvalue weighted by Crippen LogP contribution is 2.31. The van der Waals surface area contributed by atoms with Crippen molar-refractivity contribution in [3.05, 3.63) is 54.1 Å².